The van der Waals surface area contributed by atoms with Crippen LogP contribution in [0.15, 0.2) is 35.2 Å². The number of esters is 1. The highest BCUT2D eigenvalue weighted by Crippen LogP contribution is 2.33. The van der Waals surface area contributed by atoms with Crippen LogP contribution in [-0.4, -0.2) is 28.6 Å². The number of hydrogen-bond donors (Lipinski definition) is 1. The van der Waals surface area contributed by atoms with Crippen LogP contribution in [-0.2, 0) is 27.6 Å². The summed E-state index contributed by atoms with van der Waals surface area (Å²) in [5.41, 5.74) is 3.49. The molecule has 0 atom stereocenters. The van der Waals surface area contributed by atoms with Crippen molar-refractivity contribution in [3.8, 4) is 5.75 Å². The molecule has 1 N–H and O–H groups in total. The van der Waals surface area contributed by atoms with E-state index in [0.717, 1.165) is 36.8 Å². The van der Waals surface area contributed by atoms with Gasteiger partial charge in [-0.1, -0.05) is 6.07 Å². The number of fused-ring (bicyclic) bond motifs is 1. The molecule has 1 aliphatic carbocycles. The number of anilines is 1. The lowest BCUT2D eigenvalue weighted by molar-refractivity contribution is 0.0600. The molecular weight excluding hydrogens is 366 g/mol. The molecule has 2 aromatic carbocycles. The number of nitrogens with one attached hydrogen (secondary N) is 1. The van der Waals surface area contributed by atoms with E-state index < -0.39 is 16.0 Å². The van der Waals surface area contributed by atoms with Gasteiger partial charge >= 0.3 is 5.97 Å². The van der Waals surface area contributed by atoms with Crippen molar-refractivity contribution in [3.05, 3.63) is 52.6 Å². The number of aryl methyl sites for hydroxylation is 3. The maximum absolute atomic E-state index is 13.1. The van der Waals surface area contributed by atoms with Gasteiger partial charge in [0, 0.05) is 0 Å². The summed E-state index contributed by atoms with van der Waals surface area (Å²) in [6.45, 7) is 1.77. The second kappa shape index (κ2) is 7.60. The molecule has 0 saturated carbocycles. The quantitative estimate of drug-likeness (QED) is 0.792. The van der Waals surface area contributed by atoms with Gasteiger partial charge in [-0.15, -0.1) is 0 Å². The molecule has 1 aliphatic rings. The van der Waals surface area contributed by atoms with Crippen molar-refractivity contribution in [1.82, 2.24) is 0 Å². The lowest BCUT2D eigenvalue weighted by atomic mass is 9.92. The molecule has 2 aromatic rings. The second-order valence-electron chi connectivity index (χ2n) is 6.61. The number of hydrogen-bond acceptors (Lipinski definition) is 5. The Morgan fingerprint density at radius 1 is 1.04 bits per heavy atom. The first-order valence-electron chi connectivity index (χ1n) is 8.77. The van der Waals surface area contributed by atoms with E-state index in [1.54, 1.807) is 25.1 Å². The van der Waals surface area contributed by atoms with E-state index in [2.05, 4.69) is 4.72 Å². The van der Waals surface area contributed by atoms with Crippen LogP contribution in [0.3, 0.4) is 0 Å². The van der Waals surface area contributed by atoms with E-state index in [1.807, 2.05) is 6.07 Å². The summed E-state index contributed by atoms with van der Waals surface area (Å²) < 4.78 is 38.8. The van der Waals surface area contributed by atoms with Crippen molar-refractivity contribution in [1.29, 1.82) is 0 Å². The number of ether oxygens (including phenoxy) is 2. The van der Waals surface area contributed by atoms with Gasteiger partial charge in [-0.25, -0.2) is 13.2 Å². The number of carbonyl (C=O) groups excluding carboxylic acids is 1. The zero-order valence-electron chi connectivity index (χ0n) is 15.7. The van der Waals surface area contributed by atoms with E-state index in [1.165, 1.54) is 20.3 Å². The third kappa shape index (κ3) is 3.93. The number of rotatable bonds is 5. The molecule has 0 fully saturated rings. The Hall–Kier alpha value is -2.54. The number of benzene rings is 2. The Kier molecular flexibility index (Phi) is 5.41. The molecule has 0 amide bonds. The summed E-state index contributed by atoms with van der Waals surface area (Å²) in [5.74, 6) is -0.202. The van der Waals surface area contributed by atoms with Crippen molar-refractivity contribution in [2.75, 3.05) is 18.9 Å². The Morgan fingerprint density at radius 3 is 2.33 bits per heavy atom. The summed E-state index contributed by atoms with van der Waals surface area (Å²) in [7, 11) is -1.14. The van der Waals surface area contributed by atoms with Crippen molar-refractivity contribution in [2.24, 2.45) is 0 Å². The summed E-state index contributed by atoms with van der Waals surface area (Å²) in [6, 6.07) is 8.27. The van der Waals surface area contributed by atoms with E-state index >= 15 is 0 Å². The Balaban J connectivity index is 2.02. The van der Waals surface area contributed by atoms with Crippen LogP contribution >= 0.6 is 0 Å². The molecule has 0 saturated heterocycles. The number of sulfonamides is 1. The third-order valence-corrected chi connectivity index (χ3v) is 6.21. The van der Waals surface area contributed by atoms with Crippen LogP contribution in [0.25, 0.3) is 0 Å². The molecule has 0 spiro atoms. The van der Waals surface area contributed by atoms with Crippen LogP contribution in [0.5, 0.6) is 5.75 Å². The highest BCUT2D eigenvalue weighted by Gasteiger charge is 2.24. The van der Waals surface area contributed by atoms with Gasteiger partial charge in [0.25, 0.3) is 10.0 Å². The standard InChI is InChI=1S/C20H23NO5S/c1-13-8-9-16(20(22)26-3)10-17(13)21-27(23,24)19-12-15-7-5-4-6-14(15)11-18(19)25-2/h8-12,21H,4-7H2,1-3H3. The molecule has 144 valence electrons. The number of carbonyl (C=O) groups is 1. The summed E-state index contributed by atoms with van der Waals surface area (Å²) in [4.78, 5) is 11.9. The molecule has 0 heterocycles. The fraction of sp³-hybridized carbons (Fsp3) is 0.350. The first-order chi connectivity index (χ1) is 12.9. The van der Waals surface area contributed by atoms with E-state index in [9.17, 15) is 13.2 Å². The zero-order chi connectivity index (χ0) is 19.6. The molecule has 0 bridgehead atoms. The van der Waals surface area contributed by atoms with Gasteiger partial charge in [0.1, 0.15) is 10.6 Å². The zero-order valence-corrected chi connectivity index (χ0v) is 16.5. The number of methoxy groups -OCH3 is 2. The highest BCUT2D eigenvalue weighted by atomic mass is 32.2. The van der Waals surface area contributed by atoms with Crippen molar-refractivity contribution < 1.29 is 22.7 Å². The van der Waals surface area contributed by atoms with E-state index in [0.29, 0.717) is 17.0 Å². The predicted octanol–water partition coefficient (Wildman–Crippen LogP) is 3.47. The molecule has 6 nitrogen and oxygen atoms in total. The monoisotopic (exact) mass is 389 g/mol. The van der Waals surface area contributed by atoms with E-state index in [-0.39, 0.29) is 10.5 Å². The second-order valence-corrected chi connectivity index (χ2v) is 8.26. The maximum Gasteiger partial charge on any atom is 0.337 e. The molecule has 27 heavy (non-hydrogen) atoms. The van der Waals surface area contributed by atoms with Crippen molar-refractivity contribution >= 4 is 21.7 Å². The van der Waals surface area contributed by atoms with Crippen LogP contribution in [0.2, 0.25) is 0 Å². The fourth-order valence-electron chi connectivity index (χ4n) is 3.29. The Bertz CT molecular complexity index is 982. The van der Waals surface area contributed by atoms with Gasteiger partial charge in [-0.2, -0.15) is 0 Å². The first kappa shape index (κ1) is 19.2. The SMILES string of the molecule is COC(=O)c1ccc(C)c(NS(=O)(=O)c2cc3c(cc2OC)CCCC3)c1. The summed E-state index contributed by atoms with van der Waals surface area (Å²) in [6.07, 6.45) is 3.94. The Morgan fingerprint density at radius 2 is 1.70 bits per heavy atom. The minimum Gasteiger partial charge on any atom is -0.495 e. The smallest absolute Gasteiger partial charge is 0.337 e. The average Bonchev–Trinajstić information content (AvgIpc) is 2.67. The fourth-order valence-corrected chi connectivity index (χ4v) is 4.61. The van der Waals surface area contributed by atoms with Crippen molar-refractivity contribution in [2.45, 2.75) is 37.5 Å². The average molecular weight is 389 g/mol. The van der Waals surface area contributed by atoms with Gasteiger partial charge < -0.3 is 9.47 Å². The van der Waals surface area contributed by atoms with Crippen LogP contribution < -0.4 is 9.46 Å². The largest absolute Gasteiger partial charge is 0.495 e. The molecule has 0 aliphatic heterocycles. The molecule has 3 rings (SSSR count). The Labute approximate surface area is 159 Å². The predicted molar refractivity (Wildman–Crippen MR) is 103 cm³/mol. The molecule has 0 aromatic heterocycles. The molecule has 0 unspecified atom stereocenters. The summed E-state index contributed by atoms with van der Waals surface area (Å²) in [5, 5.41) is 0. The molecular formula is C20H23NO5S. The third-order valence-electron chi connectivity index (χ3n) is 4.82. The minimum atomic E-state index is -3.89. The van der Waals surface area contributed by atoms with Gasteiger partial charge in [-0.3, -0.25) is 4.72 Å². The van der Waals surface area contributed by atoms with Crippen LogP contribution in [0.1, 0.15) is 39.9 Å². The summed E-state index contributed by atoms with van der Waals surface area (Å²) >= 11 is 0. The minimum absolute atomic E-state index is 0.105. The highest BCUT2D eigenvalue weighted by molar-refractivity contribution is 7.92. The van der Waals surface area contributed by atoms with Gasteiger partial charge in [0.2, 0.25) is 0 Å². The van der Waals surface area contributed by atoms with E-state index in [4.69, 9.17) is 9.47 Å². The van der Waals surface area contributed by atoms with Gasteiger partial charge in [0.15, 0.2) is 0 Å². The van der Waals surface area contributed by atoms with Gasteiger partial charge in [0.05, 0.1) is 25.5 Å². The van der Waals surface area contributed by atoms with Crippen LogP contribution in [0.4, 0.5) is 5.69 Å². The topological polar surface area (TPSA) is 81.7 Å². The van der Waals surface area contributed by atoms with Crippen LogP contribution in [0, 0.1) is 6.92 Å². The molecule has 0 radical (unpaired) electrons. The maximum atomic E-state index is 13.1. The van der Waals surface area contributed by atoms with Gasteiger partial charge in [-0.05, 0) is 73.6 Å². The first-order valence-corrected chi connectivity index (χ1v) is 10.3. The van der Waals surface area contributed by atoms with Crippen molar-refractivity contribution in [3.63, 3.8) is 0 Å². The molecule has 7 heteroatoms. The lowest BCUT2D eigenvalue weighted by Gasteiger charge is -2.20. The lowest BCUT2D eigenvalue weighted by Crippen LogP contribution is -2.17. The normalized spacial score (nSPS) is 13.6.